The highest BCUT2D eigenvalue weighted by Gasteiger charge is 2.15. The van der Waals surface area contributed by atoms with Gasteiger partial charge in [0.2, 0.25) is 0 Å². The SMILES string of the molecule is CC(C)COc1cccc(-c2n[nH]nc2C(N)=O)c1. The quantitative estimate of drug-likeness (QED) is 0.853. The third kappa shape index (κ3) is 3.09. The zero-order valence-electron chi connectivity index (χ0n) is 10.9. The number of carbonyl (C=O) groups is 1. The number of aromatic nitrogens is 3. The van der Waals surface area contributed by atoms with E-state index in [2.05, 4.69) is 29.3 Å². The first-order valence-corrected chi connectivity index (χ1v) is 6.01. The summed E-state index contributed by atoms with van der Waals surface area (Å²) in [6.07, 6.45) is 0. The second-order valence-electron chi connectivity index (χ2n) is 4.62. The van der Waals surface area contributed by atoms with Crippen molar-refractivity contribution >= 4 is 5.91 Å². The molecule has 0 aliphatic rings. The van der Waals surface area contributed by atoms with E-state index in [4.69, 9.17) is 10.5 Å². The molecule has 19 heavy (non-hydrogen) atoms. The number of primary amides is 1. The molecule has 0 saturated carbocycles. The van der Waals surface area contributed by atoms with Crippen LogP contribution in [0.25, 0.3) is 11.3 Å². The van der Waals surface area contributed by atoms with Gasteiger partial charge in [-0.1, -0.05) is 26.0 Å². The molecule has 2 rings (SSSR count). The Morgan fingerprint density at radius 2 is 2.21 bits per heavy atom. The Labute approximate surface area is 111 Å². The summed E-state index contributed by atoms with van der Waals surface area (Å²) in [6.45, 7) is 4.78. The van der Waals surface area contributed by atoms with Crippen LogP contribution in [0.1, 0.15) is 24.3 Å². The van der Waals surface area contributed by atoms with E-state index in [9.17, 15) is 4.79 Å². The summed E-state index contributed by atoms with van der Waals surface area (Å²) in [6, 6.07) is 7.33. The number of rotatable bonds is 5. The van der Waals surface area contributed by atoms with E-state index in [0.717, 1.165) is 11.3 Å². The number of amides is 1. The lowest BCUT2D eigenvalue weighted by molar-refractivity contribution is 0.0996. The first-order valence-electron chi connectivity index (χ1n) is 6.01. The van der Waals surface area contributed by atoms with Crippen LogP contribution in [0, 0.1) is 5.92 Å². The van der Waals surface area contributed by atoms with Crippen LogP contribution in [0.3, 0.4) is 0 Å². The maximum atomic E-state index is 11.2. The van der Waals surface area contributed by atoms with Crippen molar-refractivity contribution in [3.8, 4) is 17.0 Å². The normalized spacial score (nSPS) is 10.7. The summed E-state index contributed by atoms with van der Waals surface area (Å²) in [5.74, 6) is 0.554. The van der Waals surface area contributed by atoms with Crippen molar-refractivity contribution < 1.29 is 9.53 Å². The van der Waals surface area contributed by atoms with Crippen molar-refractivity contribution in [3.05, 3.63) is 30.0 Å². The van der Waals surface area contributed by atoms with Gasteiger partial charge in [0.15, 0.2) is 5.69 Å². The van der Waals surface area contributed by atoms with Crippen molar-refractivity contribution in [1.29, 1.82) is 0 Å². The molecule has 0 bridgehead atoms. The molecule has 3 N–H and O–H groups in total. The molecule has 2 aromatic rings. The van der Waals surface area contributed by atoms with Crippen molar-refractivity contribution in [3.63, 3.8) is 0 Å². The number of hydrogen-bond donors (Lipinski definition) is 2. The number of nitrogens with one attached hydrogen (secondary N) is 1. The molecular formula is C13H16N4O2. The zero-order chi connectivity index (χ0) is 13.8. The van der Waals surface area contributed by atoms with E-state index < -0.39 is 5.91 Å². The Morgan fingerprint density at radius 3 is 2.89 bits per heavy atom. The van der Waals surface area contributed by atoms with Gasteiger partial charge in [-0.3, -0.25) is 4.79 Å². The lowest BCUT2D eigenvalue weighted by Gasteiger charge is -2.09. The summed E-state index contributed by atoms with van der Waals surface area (Å²) in [5, 5.41) is 10.1. The Balaban J connectivity index is 2.27. The summed E-state index contributed by atoms with van der Waals surface area (Å²) < 4.78 is 5.63. The molecule has 0 aliphatic carbocycles. The fourth-order valence-corrected chi connectivity index (χ4v) is 1.60. The van der Waals surface area contributed by atoms with Gasteiger partial charge in [-0.25, -0.2) is 0 Å². The van der Waals surface area contributed by atoms with Crippen LogP contribution in [0.4, 0.5) is 0 Å². The van der Waals surface area contributed by atoms with Gasteiger partial charge in [0.25, 0.3) is 5.91 Å². The van der Waals surface area contributed by atoms with Crippen LogP contribution in [-0.2, 0) is 0 Å². The maximum absolute atomic E-state index is 11.2. The monoisotopic (exact) mass is 260 g/mol. The maximum Gasteiger partial charge on any atom is 0.271 e. The number of nitrogens with two attached hydrogens (primary N) is 1. The predicted molar refractivity (Wildman–Crippen MR) is 70.7 cm³/mol. The first kappa shape index (κ1) is 13.1. The predicted octanol–water partition coefficient (Wildman–Crippen LogP) is 1.61. The molecule has 1 aromatic heterocycles. The van der Waals surface area contributed by atoms with Crippen molar-refractivity contribution in [2.75, 3.05) is 6.61 Å². The van der Waals surface area contributed by atoms with Gasteiger partial charge in [-0.15, -0.1) is 0 Å². The van der Waals surface area contributed by atoms with Crippen LogP contribution >= 0.6 is 0 Å². The van der Waals surface area contributed by atoms with Gasteiger partial charge >= 0.3 is 0 Å². The second-order valence-corrected chi connectivity index (χ2v) is 4.62. The topological polar surface area (TPSA) is 93.9 Å². The first-order chi connectivity index (χ1) is 9.08. The molecule has 100 valence electrons. The molecule has 0 aliphatic heterocycles. The van der Waals surface area contributed by atoms with Crippen LogP contribution < -0.4 is 10.5 Å². The number of ether oxygens (including phenoxy) is 1. The highest BCUT2D eigenvalue weighted by Crippen LogP contribution is 2.24. The molecule has 0 saturated heterocycles. The number of carbonyl (C=O) groups excluding carboxylic acids is 1. The lowest BCUT2D eigenvalue weighted by Crippen LogP contribution is -2.12. The minimum absolute atomic E-state index is 0.126. The van der Waals surface area contributed by atoms with Gasteiger partial charge < -0.3 is 10.5 Å². The Morgan fingerprint density at radius 1 is 1.42 bits per heavy atom. The number of nitrogens with zero attached hydrogens (tertiary/aromatic N) is 2. The van der Waals surface area contributed by atoms with Crippen molar-refractivity contribution in [2.24, 2.45) is 11.7 Å². The Hall–Kier alpha value is -2.37. The summed E-state index contributed by atoms with van der Waals surface area (Å²) in [4.78, 5) is 11.2. The average Bonchev–Trinajstić information content (AvgIpc) is 2.86. The minimum atomic E-state index is -0.614. The van der Waals surface area contributed by atoms with Gasteiger partial charge in [0.1, 0.15) is 11.4 Å². The average molecular weight is 260 g/mol. The Bertz CT molecular complexity index is 578. The number of hydrogen-bond acceptors (Lipinski definition) is 4. The molecule has 0 radical (unpaired) electrons. The smallest absolute Gasteiger partial charge is 0.271 e. The van der Waals surface area contributed by atoms with Gasteiger partial charge in [0, 0.05) is 5.56 Å². The van der Waals surface area contributed by atoms with Crippen LogP contribution in [0.15, 0.2) is 24.3 Å². The standard InChI is InChI=1S/C13H16N4O2/c1-8(2)7-19-10-5-3-4-9(6-10)11-12(13(14)18)16-17-15-11/h3-6,8H,7H2,1-2H3,(H2,14,18)(H,15,16,17). The molecule has 0 spiro atoms. The molecule has 0 atom stereocenters. The van der Waals surface area contributed by atoms with Crippen molar-refractivity contribution in [1.82, 2.24) is 15.4 Å². The highest BCUT2D eigenvalue weighted by molar-refractivity contribution is 5.96. The molecular weight excluding hydrogens is 244 g/mol. The highest BCUT2D eigenvalue weighted by atomic mass is 16.5. The van der Waals surface area contributed by atoms with E-state index >= 15 is 0 Å². The van der Waals surface area contributed by atoms with Gasteiger partial charge in [-0.05, 0) is 18.1 Å². The molecule has 6 heteroatoms. The van der Waals surface area contributed by atoms with Gasteiger partial charge in [0.05, 0.1) is 6.61 Å². The van der Waals surface area contributed by atoms with Crippen LogP contribution in [0.2, 0.25) is 0 Å². The molecule has 6 nitrogen and oxygen atoms in total. The summed E-state index contributed by atoms with van der Waals surface area (Å²) in [5.41, 5.74) is 6.54. The third-order valence-corrected chi connectivity index (χ3v) is 2.47. The minimum Gasteiger partial charge on any atom is -0.493 e. The molecule has 1 amide bonds. The summed E-state index contributed by atoms with van der Waals surface area (Å²) in [7, 11) is 0. The summed E-state index contributed by atoms with van der Waals surface area (Å²) >= 11 is 0. The van der Waals surface area contributed by atoms with Gasteiger partial charge in [-0.2, -0.15) is 15.4 Å². The Kier molecular flexibility index (Phi) is 3.79. The van der Waals surface area contributed by atoms with E-state index in [1.165, 1.54) is 0 Å². The van der Waals surface area contributed by atoms with Crippen LogP contribution in [0.5, 0.6) is 5.75 Å². The number of benzene rings is 1. The second kappa shape index (κ2) is 5.51. The fraction of sp³-hybridized carbons (Fsp3) is 0.308. The molecule has 1 aromatic carbocycles. The van der Waals surface area contributed by atoms with Crippen LogP contribution in [-0.4, -0.2) is 27.9 Å². The molecule has 1 heterocycles. The number of H-pyrrole nitrogens is 1. The van der Waals surface area contributed by atoms with E-state index in [1.807, 2.05) is 24.3 Å². The number of aromatic amines is 1. The molecule has 0 unspecified atom stereocenters. The van der Waals surface area contributed by atoms with E-state index in [1.54, 1.807) is 0 Å². The zero-order valence-corrected chi connectivity index (χ0v) is 10.9. The van der Waals surface area contributed by atoms with E-state index in [-0.39, 0.29) is 5.69 Å². The third-order valence-electron chi connectivity index (χ3n) is 2.47. The lowest BCUT2D eigenvalue weighted by atomic mass is 10.1. The van der Waals surface area contributed by atoms with Crippen molar-refractivity contribution in [2.45, 2.75) is 13.8 Å². The fourth-order valence-electron chi connectivity index (χ4n) is 1.60. The molecule has 0 fully saturated rings. The largest absolute Gasteiger partial charge is 0.493 e. The van der Waals surface area contributed by atoms with E-state index in [0.29, 0.717) is 18.2 Å².